The number of anilines is 1. The minimum atomic E-state index is -2.03. The first kappa shape index (κ1) is 25.6. The Balaban J connectivity index is 1.34. The smallest absolute Gasteiger partial charge is 0.254 e. The average molecular weight is 511 g/mol. The maximum Gasteiger partial charge on any atom is 0.254 e. The van der Waals surface area contributed by atoms with Crippen LogP contribution in [0.25, 0.3) is 0 Å². The van der Waals surface area contributed by atoms with Crippen molar-refractivity contribution in [3.05, 3.63) is 71.5 Å². The van der Waals surface area contributed by atoms with Crippen molar-refractivity contribution in [2.75, 3.05) is 24.6 Å². The van der Waals surface area contributed by atoms with Crippen LogP contribution in [-0.4, -0.2) is 50.4 Å². The first-order chi connectivity index (χ1) is 17.4. The third-order valence-corrected chi connectivity index (χ3v) is 6.62. The molecule has 0 bridgehead atoms. The number of aryl methyl sites for hydroxylation is 1. The number of benzene rings is 2. The van der Waals surface area contributed by atoms with Crippen molar-refractivity contribution < 1.29 is 23.0 Å². The molecular formula is C26H30N4O5S. The van der Waals surface area contributed by atoms with Crippen LogP contribution in [0.15, 0.2) is 59.8 Å². The quantitative estimate of drug-likeness (QED) is 0.419. The van der Waals surface area contributed by atoms with E-state index in [4.69, 9.17) is 9.47 Å². The predicted molar refractivity (Wildman–Crippen MR) is 137 cm³/mol. The molecule has 2 heterocycles. The molecule has 4 rings (SSSR count). The molecule has 0 aliphatic carbocycles. The standard InChI is InChI=1S/C26H30N4O5S/c1-3-34-23-8-4-5-9-24(23)35-21-7-6-12-30(17-21)26-28-15-20(16-29-26)25(31)27-14-19-10-11-22(36(32)33)13-18(19)2/h4-5,8-11,13,15-16,21H,3,6-7,12,14,17H2,1-2H3,(H,27,31)(H,32,33)/t21-/m1/s1. The Kier molecular flexibility index (Phi) is 8.50. The molecule has 0 spiro atoms. The Morgan fingerprint density at radius 3 is 2.64 bits per heavy atom. The second-order valence-corrected chi connectivity index (χ2v) is 9.47. The van der Waals surface area contributed by atoms with Crippen molar-refractivity contribution in [1.82, 2.24) is 15.3 Å². The molecule has 10 heteroatoms. The highest BCUT2D eigenvalue weighted by molar-refractivity contribution is 7.79. The van der Waals surface area contributed by atoms with Crippen LogP contribution in [0.1, 0.15) is 41.3 Å². The van der Waals surface area contributed by atoms with Crippen LogP contribution in [0.4, 0.5) is 5.95 Å². The number of nitrogens with zero attached hydrogens (tertiary/aromatic N) is 3. The predicted octanol–water partition coefficient (Wildman–Crippen LogP) is 3.74. The zero-order valence-electron chi connectivity index (χ0n) is 20.3. The zero-order valence-corrected chi connectivity index (χ0v) is 21.2. The van der Waals surface area contributed by atoms with Gasteiger partial charge in [-0.25, -0.2) is 14.2 Å². The second kappa shape index (κ2) is 12.0. The van der Waals surface area contributed by atoms with E-state index in [1.54, 1.807) is 18.2 Å². The lowest BCUT2D eigenvalue weighted by Gasteiger charge is -2.33. The Morgan fingerprint density at radius 1 is 1.19 bits per heavy atom. The summed E-state index contributed by atoms with van der Waals surface area (Å²) in [5.41, 5.74) is 2.05. The van der Waals surface area contributed by atoms with Crippen molar-refractivity contribution in [3.63, 3.8) is 0 Å². The fraction of sp³-hybridized carbons (Fsp3) is 0.346. The van der Waals surface area contributed by atoms with E-state index in [9.17, 15) is 13.6 Å². The molecule has 1 unspecified atom stereocenters. The summed E-state index contributed by atoms with van der Waals surface area (Å²) in [5.74, 6) is 1.73. The Hall–Kier alpha value is -3.50. The number of ether oxygens (including phenoxy) is 2. The summed E-state index contributed by atoms with van der Waals surface area (Å²) in [7, 11) is 0. The first-order valence-corrected chi connectivity index (χ1v) is 13.0. The van der Waals surface area contributed by atoms with Crippen molar-refractivity contribution in [1.29, 1.82) is 0 Å². The van der Waals surface area contributed by atoms with Crippen LogP contribution in [0, 0.1) is 6.92 Å². The first-order valence-electron chi connectivity index (χ1n) is 11.9. The van der Waals surface area contributed by atoms with Crippen LogP contribution in [0.2, 0.25) is 0 Å². The van der Waals surface area contributed by atoms with Gasteiger partial charge in [0.25, 0.3) is 5.91 Å². The van der Waals surface area contributed by atoms with Gasteiger partial charge in [-0.3, -0.25) is 4.79 Å². The SMILES string of the molecule is CCOc1ccccc1O[C@@H]1CCCN(c2ncc(C(=O)NCc3ccc(S(=O)O)cc3C)cn2)C1. The number of rotatable bonds is 9. The van der Waals surface area contributed by atoms with E-state index in [1.165, 1.54) is 12.4 Å². The van der Waals surface area contributed by atoms with Crippen LogP contribution >= 0.6 is 0 Å². The molecule has 0 saturated carbocycles. The van der Waals surface area contributed by atoms with Gasteiger partial charge in [-0.05, 0) is 62.1 Å². The van der Waals surface area contributed by atoms with E-state index in [-0.39, 0.29) is 12.0 Å². The largest absolute Gasteiger partial charge is 0.490 e. The summed E-state index contributed by atoms with van der Waals surface area (Å²) in [4.78, 5) is 23.9. The lowest BCUT2D eigenvalue weighted by atomic mass is 10.1. The third kappa shape index (κ3) is 6.38. The Labute approximate surface area is 213 Å². The maximum atomic E-state index is 12.6. The average Bonchev–Trinajstić information content (AvgIpc) is 2.89. The summed E-state index contributed by atoms with van der Waals surface area (Å²) in [5, 5.41) is 2.85. The highest BCUT2D eigenvalue weighted by Gasteiger charge is 2.24. The number of amides is 1. The summed E-state index contributed by atoms with van der Waals surface area (Å²) in [6, 6.07) is 12.6. The van der Waals surface area contributed by atoms with Crippen LogP contribution < -0.4 is 19.7 Å². The normalized spacial score (nSPS) is 16.3. The van der Waals surface area contributed by atoms with Gasteiger partial charge in [-0.15, -0.1) is 0 Å². The van der Waals surface area contributed by atoms with Gasteiger partial charge in [0.2, 0.25) is 5.95 Å². The van der Waals surface area contributed by atoms with Crippen LogP contribution in [-0.2, 0) is 17.6 Å². The van der Waals surface area contributed by atoms with E-state index in [0.29, 0.717) is 36.1 Å². The van der Waals surface area contributed by atoms with Gasteiger partial charge in [0.1, 0.15) is 6.10 Å². The number of aromatic nitrogens is 2. The minimum absolute atomic E-state index is 0.0233. The van der Waals surface area contributed by atoms with Gasteiger partial charge in [0, 0.05) is 25.5 Å². The molecular weight excluding hydrogens is 480 g/mol. The van der Waals surface area contributed by atoms with Gasteiger partial charge in [0.05, 0.1) is 23.6 Å². The van der Waals surface area contributed by atoms with Crippen molar-refractivity contribution in [2.45, 2.75) is 44.2 Å². The number of carbonyl (C=O) groups is 1. The third-order valence-electron chi connectivity index (χ3n) is 5.96. The number of carbonyl (C=O) groups excluding carboxylic acids is 1. The Bertz CT molecular complexity index is 1220. The number of para-hydroxylation sites is 2. The van der Waals surface area contributed by atoms with Crippen molar-refractivity contribution >= 4 is 22.9 Å². The molecule has 0 radical (unpaired) electrons. The molecule has 190 valence electrons. The van der Waals surface area contributed by atoms with Gasteiger partial charge >= 0.3 is 0 Å². The maximum absolute atomic E-state index is 12.6. The number of nitrogens with one attached hydrogen (secondary N) is 1. The molecule has 9 nitrogen and oxygen atoms in total. The molecule has 36 heavy (non-hydrogen) atoms. The molecule has 2 aromatic carbocycles. The van der Waals surface area contributed by atoms with Crippen molar-refractivity contribution in [2.24, 2.45) is 0 Å². The van der Waals surface area contributed by atoms with Gasteiger partial charge < -0.3 is 24.2 Å². The summed E-state index contributed by atoms with van der Waals surface area (Å²) in [6.45, 7) is 6.09. The molecule has 1 amide bonds. The number of piperidine rings is 1. The molecule has 3 aromatic rings. The zero-order chi connectivity index (χ0) is 25.5. The molecule has 1 saturated heterocycles. The molecule has 1 fully saturated rings. The van der Waals surface area contributed by atoms with E-state index >= 15 is 0 Å². The van der Waals surface area contributed by atoms with Gasteiger partial charge in [-0.1, -0.05) is 18.2 Å². The lowest BCUT2D eigenvalue weighted by Crippen LogP contribution is -2.42. The minimum Gasteiger partial charge on any atom is -0.490 e. The van der Waals surface area contributed by atoms with E-state index < -0.39 is 11.1 Å². The lowest BCUT2D eigenvalue weighted by molar-refractivity contribution is 0.0950. The summed E-state index contributed by atoms with van der Waals surface area (Å²) < 4.78 is 32.3. The molecule has 1 aliphatic heterocycles. The van der Waals surface area contributed by atoms with E-state index in [0.717, 1.165) is 42.0 Å². The van der Waals surface area contributed by atoms with Crippen LogP contribution in [0.5, 0.6) is 11.5 Å². The van der Waals surface area contributed by atoms with Crippen LogP contribution in [0.3, 0.4) is 0 Å². The number of hydrogen-bond donors (Lipinski definition) is 2. The highest BCUT2D eigenvalue weighted by atomic mass is 32.2. The topological polar surface area (TPSA) is 114 Å². The van der Waals surface area contributed by atoms with Gasteiger partial charge in [0.15, 0.2) is 22.6 Å². The van der Waals surface area contributed by atoms with E-state index in [1.807, 2.05) is 38.1 Å². The monoisotopic (exact) mass is 510 g/mol. The Morgan fingerprint density at radius 2 is 1.94 bits per heavy atom. The second-order valence-electron chi connectivity index (χ2n) is 8.50. The molecule has 1 aliphatic rings. The molecule has 2 atom stereocenters. The highest BCUT2D eigenvalue weighted by Crippen LogP contribution is 2.29. The van der Waals surface area contributed by atoms with E-state index in [2.05, 4.69) is 20.2 Å². The number of hydrogen-bond acceptors (Lipinski definition) is 7. The van der Waals surface area contributed by atoms with Crippen molar-refractivity contribution in [3.8, 4) is 11.5 Å². The summed E-state index contributed by atoms with van der Waals surface area (Å²) >= 11 is -2.03. The molecule has 1 aromatic heterocycles. The summed E-state index contributed by atoms with van der Waals surface area (Å²) in [6.07, 6.45) is 4.89. The fourth-order valence-corrected chi connectivity index (χ4v) is 4.53. The van der Waals surface area contributed by atoms with Gasteiger partial charge in [-0.2, -0.15) is 0 Å². The fourth-order valence-electron chi connectivity index (χ4n) is 4.07. The molecule has 2 N–H and O–H groups in total.